The lowest BCUT2D eigenvalue weighted by Gasteiger charge is -2.41. The number of aromatic amines is 1. The van der Waals surface area contributed by atoms with Gasteiger partial charge in [-0.3, -0.25) is 19.8 Å². The number of hydrogen-bond donors (Lipinski definition) is 1. The maximum Gasteiger partial charge on any atom is 0.319 e. The molecular weight excluding hydrogens is 671 g/mol. The van der Waals surface area contributed by atoms with Gasteiger partial charge in [0.2, 0.25) is 0 Å². The molecule has 3 aliphatic rings. The molecular formula is C38H36F3N9O2. The summed E-state index contributed by atoms with van der Waals surface area (Å²) in [4.78, 5) is 32.1. The zero-order chi connectivity index (χ0) is 36.0. The van der Waals surface area contributed by atoms with Gasteiger partial charge in [0.1, 0.15) is 24.1 Å². The van der Waals surface area contributed by atoms with Gasteiger partial charge >= 0.3 is 6.01 Å². The first-order valence-electron chi connectivity index (χ1n) is 17.4. The van der Waals surface area contributed by atoms with Crippen LogP contribution in [0.3, 0.4) is 0 Å². The number of benzene rings is 2. The molecule has 0 radical (unpaired) electrons. The SMILES string of the molecule is Cc1ccc2[nH]ncc2c1-c1ccc2c(N3CCN(C(=O)/C(F)=C/c4ccccn4)[C@@H](CC#N)C3)nc(OC[C@@]34CCCN3CC(F)C4)nc2c1F. The Morgan fingerprint density at radius 2 is 2.02 bits per heavy atom. The Morgan fingerprint density at radius 1 is 1.13 bits per heavy atom. The topological polar surface area (TPSA) is 127 Å². The highest BCUT2D eigenvalue weighted by Gasteiger charge is 2.49. The van der Waals surface area contributed by atoms with Crippen molar-refractivity contribution in [2.75, 3.05) is 44.2 Å². The number of hydrogen-bond acceptors (Lipinski definition) is 9. The first-order chi connectivity index (χ1) is 25.2. The molecule has 266 valence electrons. The van der Waals surface area contributed by atoms with E-state index in [-0.39, 0.29) is 44.2 Å². The number of nitrogens with zero attached hydrogens (tertiary/aromatic N) is 8. The zero-order valence-corrected chi connectivity index (χ0v) is 28.5. The maximum absolute atomic E-state index is 16.9. The van der Waals surface area contributed by atoms with Gasteiger partial charge in [0.05, 0.1) is 41.5 Å². The molecule has 11 nitrogen and oxygen atoms in total. The van der Waals surface area contributed by atoms with Gasteiger partial charge in [-0.15, -0.1) is 0 Å². The number of anilines is 1. The van der Waals surface area contributed by atoms with E-state index in [4.69, 9.17) is 9.72 Å². The van der Waals surface area contributed by atoms with Crippen LogP contribution in [-0.2, 0) is 4.79 Å². The van der Waals surface area contributed by atoms with E-state index in [2.05, 4.69) is 31.1 Å². The number of fused-ring (bicyclic) bond motifs is 3. The normalized spacial score (nSPS) is 22.2. The van der Waals surface area contributed by atoms with Gasteiger partial charge < -0.3 is 14.5 Å². The van der Waals surface area contributed by atoms with E-state index in [9.17, 15) is 14.4 Å². The molecule has 0 spiro atoms. The highest BCUT2D eigenvalue weighted by Crippen LogP contribution is 2.41. The number of piperazine rings is 1. The summed E-state index contributed by atoms with van der Waals surface area (Å²) in [6.45, 7) is 3.61. The number of amides is 1. The third-order valence-electron chi connectivity index (χ3n) is 10.6. The fraction of sp³-hybridized carbons (Fsp3) is 0.368. The summed E-state index contributed by atoms with van der Waals surface area (Å²) in [7, 11) is 0. The number of carbonyl (C=O) groups is 1. The summed E-state index contributed by atoms with van der Waals surface area (Å²) in [5, 5.41) is 18.0. The number of carbonyl (C=O) groups excluding carboxylic acids is 1. The molecule has 0 saturated carbocycles. The standard InChI is InChI=1S/C38H36F3N9O2/c1-23-6-9-31-29(19-44-47-31)32(23)27-7-8-28-34(33(27)41)45-37(52-22-38-11-4-14-49(38)20-24(39)18-38)46-35(28)48-15-16-50(26(21-48)10-12-42)36(51)30(40)17-25-5-2-3-13-43-25/h2-3,5-9,13,17,19,24,26H,4,10-11,14-16,18,20-22H2,1H3,(H,44,47)/b30-17-/t24?,26-,38-/m0/s1. The lowest BCUT2D eigenvalue weighted by Crippen LogP contribution is -2.55. The minimum Gasteiger partial charge on any atom is -0.461 e. The first kappa shape index (κ1) is 33.6. The summed E-state index contributed by atoms with van der Waals surface area (Å²) in [5.74, 6) is -2.04. The number of ether oxygens (including phenoxy) is 1. The summed E-state index contributed by atoms with van der Waals surface area (Å²) in [5.41, 5.74) is 2.47. The molecule has 6 heterocycles. The van der Waals surface area contributed by atoms with E-state index >= 15 is 8.78 Å². The Labute approximate surface area is 297 Å². The minimum atomic E-state index is -0.987. The van der Waals surface area contributed by atoms with Crippen LogP contribution in [0.2, 0.25) is 0 Å². The van der Waals surface area contributed by atoms with E-state index in [0.717, 1.165) is 41.9 Å². The highest BCUT2D eigenvalue weighted by atomic mass is 19.1. The predicted octanol–water partition coefficient (Wildman–Crippen LogP) is 5.91. The fourth-order valence-corrected chi connectivity index (χ4v) is 8.14. The first-order valence-corrected chi connectivity index (χ1v) is 17.4. The van der Waals surface area contributed by atoms with Crippen molar-refractivity contribution in [1.82, 2.24) is 34.9 Å². The molecule has 3 aliphatic heterocycles. The summed E-state index contributed by atoms with van der Waals surface area (Å²) >= 11 is 0. The number of halogens is 3. The van der Waals surface area contributed by atoms with Gasteiger partial charge in [0.15, 0.2) is 11.6 Å². The van der Waals surface area contributed by atoms with Crippen molar-refractivity contribution in [2.45, 2.75) is 50.4 Å². The van der Waals surface area contributed by atoms with Crippen molar-refractivity contribution in [2.24, 2.45) is 0 Å². The van der Waals surface area contributed by atoms with E-state index in [1.54, 1.807) is 36.5 Å². The largest absolute Gasteiger partial charge is 0.461 e. The van der Waals surface area contributed by atoms with Crippen LogP contribution >= 0.6 is 0 Å². The smallest absolute Gasteiger partial charge is 0.319 e. The van der Waals surface area contributed by atoms with E-state index in [0.29, 0.717) is 41.0 Å². The van der Waals surface area contributed by atoms with Gasteiger partial charge in [-0.25, -0.2) is 13.2 Å². The van der Waals surface area contributed by atoms with E-state index in [1.165, 1.54) is 11.1 Å². The Balaban J connectivity index is 1.17. The van der Waals surface area contributed by atoms with Gasteiger partial charge in [0, 0.05) is 61.2 Å². The number of alkyl halides is 1. The minimum absolute atomic E-state index is 0.0349. The molecule has 2 aromatic carbocycles. The maximum atomic E-state index is 16.9. The van der Waals surface area contributed by atoms with Crippen LogP contribution in [0.25, 0.3) is 39.0 Å². The second kappa shape index (κ2) is 13.5. The number of aryl methyl sites for hydroxylation is 1. The molecule has 1 N–H and O–H groups in total. The second-order valence-electron chi connectivity index (χ2n) is 13.8. The van der Waals surface area contributed by atoms with Crippen molar-refractivity contribution in [1.29, 1.82) is 5.26 Å². The number of H-pyrrole nitrogens is 1. The van der Waals surface area contributed by atoms with Gasteiger partial charge in [-0.05, 0) is 61.7 Å². The Morgan fingerprint density at radius 3 is 2.85 bits per heavy atom. The molecule has 3 saturated heterocycles. The van der Waals surface area contributed by atoms with Crippen molar-refractivity contribution in [3.63, 3.8) is 0 Å². The van der Waals surface area contributed by atoms with E-state index in [1.807, 2.05) is 24.0 Å². The molecule has 8 rings (SSSR count). The van der Waals surface area contributed by atoms with Crippen LogP contribution in [0.4, 0.5) is 19.0 Å². The van der Waals surface area contributed by atoms with Crippen LogP contribution in [-0.4, -0.2) is 97.9 Å². The van der Waals surface area contributed by atoms with Crippen LogP contribution in [0.1, 0.15) is 36.9 Å². The summed E-state index contributed by atoms with van der Waals surface area (Å²) < 4.78 is 53.0. The van der Waals surface area contributed by atoms with Crippen LogP contribution in [0.15, 0.2) is 60.7 Å². The average Bonchev–Trinajstić information content (AvgIpc) is 3.86. The van der Waals surface area contributed by atoms with Crippen LogP contribution in [0, 0.1) is 24.1 Å². The quantitative estimate of drug-likeness (QED) is 0.196. The van der Waals surface area contributed by atoms with Crippen molar-refractivity contribution in [3.8, 4) is 23.2 Å². The third-order valence-corrected chi connectivity index (χ3v) is 10.6. The summed E-state index contributed by atoms with van der Waals surface area (Å²) in [6, 6.07) is 13.6. The number of nitriles is 1. The molecule has 1 amide bonds. The van der Waals surface area contributed by atoms with Crippen LogP contribution < -0.4 is 9.64 Å². The molecule has 3 aromatic heterocycles. The average molecular weight is 708 g/mol. The molecule has 3 atom stereocenters. The van der Waals surface area contributed by atoms with Crippen molar-refractivity contribution in [3.05, 3.63) is 77.8 Å². The predicted molar refractivity (Wildman–Crippen MR) is 189 cm³/mol. The third kappa shape index (κ3) is 5.98. The van der Waals surface area contributed by atoms with E-state index < -0.39 is 35.3 Å². The number of rotatable bonds is 8. The van der Waals surface area contributed by atoms with Crippen molar-refractivity contribution < 1.29 is 22.7 Å². The lowest BCUT2D eigenvalue weighted by molar-refractivity contribution is -0.131. The van der Waals surface area contributed by atoms with Crippen molar-refractivity contribution >= 4 is 39.6 Å². The van der Waals surface area contributed by atoms with Crippen LogP contribution in [0.5, 0.6) is 6.01 Å². The highest BCUT2D eigenvalue weighted by molar-refractivity contribution is 6.00. The van der Waals surface area contributed by atoms with Gasteiger partial charge in [-0.1, -0.05) is 18.2 Å². The van der Waals surface area contributed by atoms with Gasteiger partial charge in [0.25, 0.3) is 5.91 Å². The molecule has 14 heteroatoms. The number of aromatic nitrogens is 5. The molecule has 1 unspecified atom stereocenters. The molecule has 3 fully saturated rings. The molecule has 0 bridgehead atoms. The monoisotopic (exact) mass is 707 g/mol. The Kier molecular flexibility index (Phi) is 8.74. The fourth-order valence-electron chi connectivity index (χ4n) is 8.14. The number of pyridine rings is 1. The number of nitrogens with one attached hydrogen (secondary N) is 1. The summed E-state index contributed by atoms with van der Waals surface area (Å²) in [6.07, 6.45) is 5.27. The molecule has 0 aliphatic carbocycles. The lowest BCUT2D eigenvalue weighted by atomic mass is 9.95. The molecule has 5 aromatic rings. The zero-order valence-electron chi connectivity index (χ0n) is 28.5. The molecule has 52 heavy (non-hydrogen) atoms. The Bertz CT molecular complexity index is 2240. The second-order valence-corrected chi connectivity index (χ2v) is 13.8. The van der Waals surface area contributed by atoms with Gasteiger partial charge in [-0.2, -0.15) is 20.3 Å². The Hall–Kier alpha value is -5.55.